The third kappa shape index (κ3) is 3.05. The molecule has 1 aromatic carbocycles. The largest absolute Gasteiger partial charge is 0.416 e. The first kappa shape index (κ1) is 14.7. The van der Waals surface area contributed by atoms with Crippen LogP contribution in [0.15, 0.2) is 18.2 Å². The summed E-state index contributed by atoms with van der Waals surface area (Å²) < 4.78 is 38.0. The lowest BCUT2D eigenvalue weighted by atomic mass is 10.0. The van der Waals surface area contributed by atoms with Crippen LogP contribution in [-0.2, 0) is 6.18 Å². The molecule has 0 aromatic heterocycles. The predicted octanol–water partition coefficient (Wildman–Crippen LogP) is 3.21. The van der Waals surface area contributed by atoms with Crippen LogP contribution in [-0.4, -0.2) is 11.9 Å². The molecule has 3 nitrogen and oxygen atoms in total. The number of anilines is 1. The minimum Gasteiger partial charge on any atom is -0.398 e. The SMILES string of the molecule is CC1CCCC1NC(=O)c1cc(C(F)(F)F)ccc1N. The Bertz CT molecular complexity index is 514. The highest BCUT2D eigenvalue weighted by Crippen LogP contribution is 2.31. The normalized spacial score (nSPS) is 22.8. The van der Waals surface area contributed by atoms with Crippen LogP contribution in [0.2, 0.25) is 0 Å². The van der Waals surface area contributed by atoms with Crippen molar-refractivity contribution in [1.82, 2.24) is 5.32 Å². The summed E-state index contributed by atoms with van der Waals surface area (Å²) in [6.45, 7) is 2.02. The molecule has 1 aliphatic carbocycles. The van der Waals surface area contributed by atoms with Gasteiger partial charge in [-0.3, -0.25) is 4.79 Å². The van der Waals surface area contributed by atoms with Crippen LogP contribution in [0.4, 0.5) is 18.9 Å². The highest BCUT2D eigenvalue weighted by molar-refractivity contribution is 5.99. The smallest absolute Gasteiger partial charge is 0.398 e. The molecule has 1 amide bonds. The van der Waals surface area contributed by atoms with Gasteiger partial charge < -0.3 is 11.1 Å². The van der Waals surface area contributed by atoms with Crippen molar-refractivity contribution < 1.29 is 18.0 Å². The summed E-state index contributed by atoms with van der Waals surface area (Å²) in [4.78, 5) is 12.1. The minimum atomic E-state index is -4.48. The summed E-state index contributed by atoms with van der Waals surface area (Å²) in [6, 6.07) is 2.82. The van der Waals surface area contributed by atoms with Gasteiger partial charge in [-0.15, -0.1) is 0 Å². The Morgan fingerprint density at radius 1 is 1.35 bits per heavy atom. The molecule has 0 saturated heterocycles. The van der Waals surface area contributed by atoms with E-state index in [1.807, 2.05) is 6.92 Å². The van der Waals surface area contributed by atoms with Gasteiger partial charge in [0.2, 0.25) is 0 Å². The van der Waals surface area contributed by atoms with E-state index in [4.69, 9.17) is 5.73 Å². The van der Waals surface area contributed by atoms with Crippen molar-refractivity contribution in [3.63, 3.8) is 0 Å². The second-order valence-corrected chi connectivity index (χ2v) is 5.29. The fourth-order valence-electron chi connectivity index (χ4n) is 2.54. The maximum Gasteiger partial charge on any atom is 0.416 e. The Balaban J connectivity index is 2.20. The zero-order valence-corrected chi connectivity index (χ0v) is 11.1. The number of hydrogen-bond acceptors (Lipinski definition) is 2. The Morgan fingerprint density at radius 3 is 2.60 bits per heavy atom. The van der Waals surface area contributed by atoms with E-state index in [0.717, 1.165) is 37.5 Å². The molecule has 1 aliphatic rings. The molecule has 0 aliphatic heterocycles. The first-order valence-electron chi connectivity index (χ1n) is 6.56. The number of halogens is 3. The third-order valence-corrected chi connectivity index (χ3v) is 3.80. The molecule has 110 valence electrons. The molecule has 0 bridgehead atoms. The van der Waals surface area contributed by atoms with Gasteiger partial charge in [-0.05, 0) is 37.0 Å². The standard InChI is InChI=1S/C14H17F3N2O/c1-8-3-2-4-12(8)19-13(20)10-7-9(14(15,16)17)5-6-11(10)18/h5-8,12H,2-4,18H2,1H3,(H,19,20). The average molecular weight is 286 g/mol. The lowest BCUT2D eigenvalue weighted by Gasteiger charge is -2.18. The van der Waals surface area contributed by atoms with E-state index in [0.29, 0.717) is 5.92 Å². The van der Waals surface area contributed by atoms with Crippen molar-refractivity contribution in [1.29, 1.82) is 0 Å². The molecular weight excluding hydrogens is 269 g/mol. The lowest BCUT2D eigenvalue weighted by Crippen LogP contribution is -2.36. The van der Waals surface area contributed by atoms with Crippen LogP contribution in [0.25, 0.3) is 0 Å². The van der Waals surface area contributed by atoms with Gasteiger partial charge in [0.1, 0.15) is 0 Å². The highest BCUT2D eigenvalue weighted by Gasteiger charge is 2.32. The number of carbonyl (C=O) groups is 1. The van der Waals surface area contributed by atoms with Gasteiger partial charge in [0, 0.05) is 11.7 Å². The maximum absolute atomic E-state index is 12.7. The number of amides is 1. The molecule has 2 rings (SSSR count). The van der Waals surface area contributed by atoms with Crippen molar-refractivity contribution >= 4 is 11.6 Å². The summed E-state index contributed by atoms with van der Waals surface area (Å²) in [5.74, 6) is -0.196. The van der Waals surface area contributed by atoms with E-state index < -0.39 is 17.6 Å². The molecule has 1 saturated carbocycles. The number of hydrogen-bond donors (Lipinski definition) is 2. The quantitative estimate of drug-likeness (QED) is 0.820. The zero-order chi connectivity index (χ0) is 14.9. The number of benzene rings is 1. The number of nitrogen functional groups attached to an aromatic ring is 1. The Hall–Kier alpha value is -1.72. The number of alkyl halides is 3. The van der Waals surface area contributed by atoms with E-state index in [9.17, 15) is 18.0 Å². The summed E-state index contributed by atoms with van der Waals surface area (Å²) >= 11 is 0. The zero-order valence-electron chi connectivity index (χ0n) is 11.1. The molecule has 20 heavy (non-hydrogen) atoms. The van der Waals surface area contributed by atoms with Crippen LogP contribution >= 0.6 is 0 Å². The van der Waals surface area contributed by atoms with Crippen LogP contribution in [0.5, 0.6) is 0 Å². The van der Waals surface area contributed by atoms with Crippen molar-refractivity contribution in [3.05, 3.63) is 29.3 Å². The molecule has 2 atom stereocenters. The van der Waals surface area contributed by atoms with Gasteiger partial charge in [0.25, 0.3) is 5.91 Å². The Labute approximate surface area is 115 Å². The molecular formula is C14H17F3N2O. The molecule has 1 aromatic rings. The Morgan fingerprint density at radius 2 is 2.05 bits per heavy atom. The van der Waals surface area contributed by atoms with Crippen LogP contribution in [0.1, 0.15) is 42.1 Å². The van der Waals surface area contributed by atoms with E-state index in [-0.39, 0.29) is 17.3 Å². The fraction of sp³-hybridized carbons (Fsp3) is 0.500. The van der Waals surface area contributed by atoms with Crippen LogP contribution in [0.3, 0.4) is 0 Å². The van der Waals surface area contributed by atoms with Crippen molar-refractivity contribution in [2.45, 2.75) is 38.4 Å². The molecule has 2 unspecified atom stereocenters. The molecule has 1 fully saturated rings. The van der Waals surface area contributed by atoms with E-state index >= 15 is 0 Å². The summed E-state index contributed by atoms with van der Waals surface area (Å²) in [7, 11) is 0. The summed E-state index contributed by atoms with van der Waals surface area (Å²) in [5.41, 5.74) is 4.69. The van der Waals surface area contributed by atoms with E-state index in [2.05, 4.69) is 5.32 Å². The number of nitrogens with one attached hydrogen (secondary N) is 1. The monoisotopic (exact) mass is 286 g/mol. The van der Waals surface area contributed by atoms with Gasteiger partial charge in [0.15, 0.2) is 0 Å². The van der Waals surface area contributed by atoms with Gasteiger partial charge >= 0.3 is 6.18 Å². The number of nitrogens with two attached hydrogens (primary N) is 1. The van der Waals surface area contributed by atoms with Gasteiger partial charge in [-0.25, -0.2) is 0 Å². The molecule has 0 heterocycles. The van der Waals surface area contributed by atoms with Gasteiger partial charge in [-0.1, -0.05) is 13.3 Å². The highest BCUT2D eigenvalue weighted by atomic mass is 19.4. The summed E-state index contributed by atoms with van der Waals surface area (Å²) in [5, 5.41) is 2.78. The second kappa shape index (κ2) is 5.34. The Kier molecular flexibility index (Phi) is 3.92. The minimum absolute atomic E-state index is 0.0106. The molecule has 6 heteroatoms. The number of rotatable bonds is 2. The fourth-order valence-corrected chi connectivity index (χ4v) is 2.54. The summed E-state index contributed by atoms with van der Waals surface area (Å²) in [6.07, 6.45) is -1.59. The molecule has 3 N–H and O–H groups in total. The first-order chi connectivity index (χ1) is 9.29. The first-order valence-corrected chi connectivity index (χ1v) is 6.56. The van der Waals surface area contributed by atoms with Crippen molar-refractivity contribution in [2.24, 2.45) is 5.92 Å². The van der Waals surface area contributed by atoms with Gasteiger partial charge in [0.05, 0.1) is 11.1 Å². The van der Waals surface area contributed by atoms with Crippen molar-refractivity contribution in [2.75, 3.05) is 5.73 Å². The van der Waals surface area contributed by atoms with Gasteiger partial charge in [-0.2, -0.15) is 13.2 Å². The maximum atomic E-state index is 12.7. The van der Waals surface area contributed by atoms with Crippen LogP contribution < -0.4 is 11.1 Å². The van der Waals surface area contributed by atoms with Crippen molar-refractivity contribution in [3.8, 4) is 0 Å². The third-order valence-electron chi connectivity index (χ3n) is 3.80. The van der Waals surface area contributed by atoms with E-state index in [1.165, 1.54) is 0 Å². The van der Waals surface area contributed by atoms with E-state index in [1.54, 1.807) is 0 Å². The number of carbonyl (C=O) groups excluding carboxylic acids is 1. The molecule has 0 spiro atoms. The second-order valence-electron chi connectivity index (χ2n) is 5.29. The average Bonchev–Trinajstić information content (AvgIpc) is 2.74. The lowest BCUT2D eigenvalue weighted by molar-refractivity contribution is -0.137. The predicted molar refractivity (Wildman–Crippen MR) is 70.1 cm³/mol. The topological polar surface area (TPSA) is 55.1 Å². The van der Waals surface area contributed by atoms with Crippen LogP contribution in [0, 0.1) is 5.92 Å². The molecule has 0 radical (unpaired) electrons.